The summed E-state index contributed by atoms with van der Waals surface area (Å²) in [4.78, 5) is 4.53. The highest BCUT2D eigenvalue weighted by Gasteiger charge is 2.52. The van der Waals surface area contributed by atoms with Gasteiger partial charge in [0.25, 0.3) is 0 Å². The third-order valence-corrected chi connectivity index (χ3v) is 4.71. The summed E-state index contributed by atoms with van der Waals surface area (Å²) < 4.78 is 17.6. The lowest BCUT2D eigenvalue weighted by atomic mass is 9.79. The Balaban J connectivity index is 0.00000100. The van der Waals surface area contributed by atoms with Crippen molar-refractivity contribution in [2.75, 3.05) is 7.11 Å². The van der Waals surface area contributed by atoms with E-state index in [4.69, 9.17) is 25.6 Å². The largest absolute Gasteiger partial charge is 0.500 e. The number of methoxy groups -OCH3 is 1. The van der Waals surface area contributed by atoms with Gasteiger partial charge in [0.2, 0.25) is 5.88 Å². The van der Waals surface area contributed by atoms with Crippen LogP contribution in [-0.4, -0.2) is 30.4 Å². The van der Waals surface area contributed by atoms with Crippen molar-refractivity contribution in [1.29, 1.82) is 0 Å². The summed E-state index contributed by atoms with van der Waals surface area (Å²) in [6.45, 7) is 12.1. The van der Waals surface area contributed by atoms with Crippen molar-refractivity contribution in [2.45, 2.75) is 52.7 Å². The molecule has 1 aliphatic rings. The van der Waals surface area contributed by atoms with Crippen molar-refractivity contribution in [3.63, 3.8) is 0 Å². The highest BCUT2D eigenvalue weighted by Crippen LogP contribution is 2.37. The van der Waals surface area contributed by atoms with Gasteiger partial charge >= 0.3 is 7.12 Å². The maximum atomic E-state index is 6.10. The average Bonchev–Trinajstić information content (AvgIpc) is 2.75. The molecule has 0 unspecified atom stereocenters. The molecule has 0 atom stereocenters. The molecule has 0 spiro atoms. The van der Waals surface area contributed by atoms with Crippen LogP contribution in [0.5, 0.6) is 5.88 Å². The third kappa shape index (κ3) is 3.39. The summed E-state index contributed by atoms with van der Waals surface area (Å²) in [7, 11) is 1.08. The average molecular weight is 350 g/mol. The van der Waals surface area contributed by atoms with Gasteiger partial charge in [-0.25, -0.2) is 4.98 Å². The van der Waals surface area contributed by atoms with Crippen LogP contribution in [0.4, 0.5) is 0 Å². The quantitative estimate of drug-likeness (QED) is 0.761. The predicted molar refractivity (Wildman–Crippen MR) is 100 cm³/mol. The molecular formula is C18H25BClNO3. The number of ether oxygens (including phenoxy) is 1. The van der Waals surface area contributed by atoms with E-state index in [-0.39, 0.29) is 0 Å². The molecule has 1 aliphatic heterocycles. The highest BCUT2D eigenvalue weighted by atomic mass is 35.5. The lowest BCUT2D eigenvalue weighted by Gasteiger charge is -2.32. The second-order valence-corrected chi connectivity index (χ2v) is 6.95. The van der Waals surface area contributed by atoms with Gasteiger partial charge < -0.3 is 14.0 Å². The Kier molecular flexibility index (Phi) is 5.48. The van der Waals surface area contributed by atoms with E-state index in [1.54, 1.807) is 7.11 Å². The smallest absolute Gasteiger partial charge is 0.481 e. The van der Waals surface area contributed by atoms with Crippen molar-refractivity contribution in [3.05, 3.63) is 29.3 Å². The van der Waals surface area contributed by atoms with Gasteiger partial charge in [-0.1, -0.05) is 31.5 Å². The molecule has 0 radical (unpaired) electrons. The van der Waals surface area contributed by atoms with Gasteiger partial charge in [0.15, 0.2) is 0 Å². The fourth-order valence-electron chi connectivity index (χ4n) is 2.44. The van der Waals surface area contributed by atoms with E-state index in [9.17, 15) is 0 Å². The number of hydrogen-bond acceptors (Lipinski definition) is 4. The number of halogens is 1. The highest BCUT2D eigenvalue weighted by molar-refractivity contribution is 6.63. The monoisotopic (exact) mass is 349 g/mol. The minimum atomic E-state index is -0.507. The number of benzene rings is 1. The number of rotatable bonds is 2. The molecule has 4 nitrogen and oxygen atoms in total. The van der Waals surface area contributed by atoms with Crippen LogP contribution < -0.4 is 10.2 Å². The number of aromatic nitrogens is 1. The summed E-state index contributed by atoms with van der Waals surface area (Å²) in [5.41, 5.74) is 0.760. The Labute approximate surface area is 149 Å². The zero-order chi connectivity index (χ0) is 18.1. The van der Waals surface area contributed by atoms with Gasteiger partial charge in [0.1, 0.15) is 0 Å². The van der Waals surface area contributed by atoms with E-state index in [1.807, 2.05) is 65.8 Å². The van der Waals surface area contributed by atoms with Gasteiger partial charge in [-0.15, -0.1) is 0 Å². The Morgan fingerprint density at radius 3 is 2.17 bits per heavy atom. The molecule has 6 heteroatoms. The second-order valence-electron chi connectivity index (χ2n) is 6.51. The van der Waals surface area contributed by atoms with Gasteiger partial charge in [-0.2, -0.15) is 0 Å². The SMILES string of the molecule is CC.COc1nc2cc(Cl)ccc2cc1B1OC(C)(C)C(C)(C)O1. The van der Waals surface area contributed by atoms with Crippen molar-refractivity contribution in [3.8, 4) is 5.88 Å². The van der Waals surface area contributed by atoms with Crippen LogP contribution in [-0.2, 0) is 9.31 Å². The fraction of sp³-hybridized carbons (Fsp3) is 0.500. The van der Waals surface area contributed by atoms with E-state index in [1.165, 1.54) is 0 Å². The predicted octanol–water partition coefficient (Wildman–Crippen LogP) is 4.22. The summed E-state index contributed by atoms with van der Waals surface area (Å²) in [5, 5.41) is 1.61. The fourth-order valence-corrected chi connectivity index (χ4v) is 2.61. The zero-order valence-electron chi connectivity index (χ0n) is 15.4. The molecule has 2 aromatic rings. The van der Waals surface area contributed by atoms with Gasteiger partial charge in [-0.05, 0) is 45.9 Å². The molecule has 1 saturated heterocycles. The molecule has 0 amide bonds. The number of pyridine rings is 1. The molecule has 3 rings (SSSR count). The van der Waals surface area contributed by atoms with Crippen LogP contribution in [0.15, 0.2) is 24.3 Å². The van der Waals surface area contributed by atoms with Crippen LogP contribution in [0.25, 0.3) is 10.9 Å². The van der Waals surface area contributed by atoms with Crippen LogP contribution in [0.3, 0.4) is 0 Å². The molecule has 1 aromatic carbocycles. The summed E-state index contributed by atoms with van der Waals surface area (Å²) in [6, 6.07) is 7.57. The lowest BCUT2D eigenvalue weighted by molar-refractivity contribution is 0.00578. The summed E-state index contributed by atoms with van der Waals surface area (Å²) in [5.74, 6) is 0.494. The number of fused-ring (bicyclic) bond motifs is 1. The number of nitrogens with zero attached hydrogens (tertiary/aromatic N) is 1. The molecular weight excluding hydrogens is 324 g/mol. The normalized spacial score (nSPS) is 18.2. The number of hydrogen-bond donors (Lipinski definition) is 0. The van der Waals surface area contributed by atoms with E-state index in [0.717, 1.165) is 16.4 Å². The van der Waals surface area contributed by atoms with Crippen LogP contribution in [0.1, 0.15) is 41.5 Å². The first-order valence-corrected chi connectivity index (χ1v) is 8.61. The van der Waals surface area contributed by atoms with E-state index >= 15 is 0 Å². The van der Waals surface area contributed by atoms with Gasteiger partial charge in [0.05, 0.1) is 23.8 Å². The molecule has 1 aromatic heterocycles. The maximum Gasteiger partial charge on any atom is 0.500 e. The second kappa shape index (κ2) is 6.91. The summed E-state index contributed by atoms with van der Waals surface area (Å²) in [6.07, 6.45) is 0. The van der Waals surface area contributed by atoms with Crippen LogP contribution in [0.2, 0.25) is 5.02 Å². The Hall–Kier alpha value is -1.30. The first-order chi connectivity index (χ1) is 11.2. The summed E-state index contributed by atoms with van der Waals surface area (Å²) >= 11 is 6.03. The first-order valence-electron chi connectivity index (χ1n) is 8.23. The van der Waals surface area contributed by atoms with Gasteiger partial charge in [0, 0.05) is 15.9 Å². The van der Waals surface area contributed by atoms with Crippen molar-refractivity contribution >= 4 is 35.1 Å². The molecule has 0 bridgehead atoms. The molecule has 2 heterocycles. The minimum absolute atomic E-state index is 0.405. The Morgan fingerprint density at radius 2 is 1.62 bits per heavy atom. The first kappa shape index (κ1) is 19.0. The van der Waals surface area contributed by atoms with E-state index in [0.29, 0.717) is 10.9 Å². The molecule has 0 saturated carbocycles. The Bertz CT molecular complexity index is 718. The van der Waals surface area contributed by atoms with Gasteiger partial charge in [-0.3, -0.25) is 0 Å². The van der Waals surface area contributed by atoms with Crippen molar-refractivity contribution in [1.82, 2.24) is 4.98 Å². The topological polar surface area (TPSA) is 40.6 Å². The van der Waals surface area contributed by atoms with Crippen molar-refractivity contribution in [2.24, 2.45) is 0 Å². The van der Waals surface area contributed by atoms with E-state index in [2.05, 4.69) is 4.98 Å². The standard InChI is InChI=1S/C16H19BClNO3.C2H6/c1-15(2)16(3,4)22-17(21-15)12-8-10-6-7-11(18)9-13(10)19-14(12)20-5;1-2/h6-9H,1-5H3;1-2H3. The third-order valence-electron chi connectivity index (χ3n) is 4.47. The minimum Gasteiger partial charge on any atom is -0.481 e. The van der Waals surface area contributed by atoms with Crippen LogP contribution in [0, 0.1) is 0 Å². The molecule has 24 heavy (non-hydrogen) atoms. The molecule has 0 N–H and O–H groups in total. The lowest BCUT2D eigenvalue weighted by Crippen LogP contribution is -2.41. The molecule has 0 aliphatic carbocycles. The van der Waals surface area contributed by atoms with E-state index < -0.39 is 18.3 Å². The molecule has 130 valence electrons. The maximum absolute atomic E-state index is 6.10. The zero-order valence-corrected chi connectivity index (χ0v) is 16.2. The molecule has 1 fully saturated rings. The van der Waals surface area contributed by atoms with Crippen LogP contribution >= 0.6 is 11.6 Å². The van der Waals surface area contributed by atoms with Crippen molar-refractivity contribution < 1.29 is 14.0 Å². The Morgan fingerprint density at radius 1 is 1.04 bits per heavy atom.